The van der Waals surface area contributed by atoms with Crippen LogP contribution in [0.3, 0.4) is 0 Å². The molecule has 0 aromatic heterocycles. The van der Waals surface area contributed by atoms with Crippen molar-refractivity contribution >= 4 is 11.9 Å². The van der Waals surface area contributed by atoms with Crippen LogP contribution in [0, 0.1) is 23.5 Å². The summed E-state index contributed by atoms with van der Waals surface area (Å²) in [4.78, 5) is 23.1. The van der Waals surface area contributed by atoms with Gasteiger partial charge >= 0.3 is 5.97 Å². The molecule has 1 amide bonds. The van der Waals surface area contributed by atoms with Crippen molar-refractivity contribution in [1.29, 1.82) is 0 Å². The molecule has 124 valence electrons. The van der Waals surface area contributed by atoms with Crippen LogP contribution in [-0.2, 0) is 9.59 Å². The smallest absolute Gasteiger partial charge is 0.306 e. The summed E-state index contributed by atoms with van der Waals surface area (Å²) in [6.07, 6.45) is 3.15. The average molecular weight is 323 g/mol. The second-order valence-corrected chi connectivity index (χ2v) is 6.52. The zero-order chi connectivity index (χ0) is 16.6. The van der Waals surface area contributed by atoms with Gasteiger partial charge in [-0.2, -0.15) is 0 Å². The Morgan fingerprint density at radius 3 is 2.39 bits per heavy atom. The summed E-state index contributed by atoms with van der Waals surface area (Å²) in [5.41, 5.74) is 0.652. The predicted molar refractivity (Wildman–Crippen MR) is 78.7 cm³/mol. The normalized spacial score (nSPS) is 29.8. The Morgan fingerprint density at radius 2 is 1.78 bits per heavy atom. The molecule has 0 spiro atoms. The first-order valence-corrected chi connectivity index (χ1v) is 7.94. The van der Waals surface area contributed by atoms with Gasteiger partial charge in [-0.15, -0.1) is 0 Å². The van der Waals surface area contributed by atoms with Gasteiger partial charge in [0.2, 0.25) is 5.91 Å². The zero-order valence-corrected chi connectivity index (χ0v) is 12.6. The van der Waals surface area contributed by atoms with Gasteiger partial charge < -0.3 is 10.4 Å². The van der Waals surface area contributed by atoms with Gasteiger partial charge in [-0.05, 0) is 55.7 Å². The number of carbonyl (C=O) groups excluding carboxylic acids is 1. The zero-order valence-electron chi connectivity index (χ0n) is 12.6. The van der Waals surface area contributed by atoms with Crippen LogP contribution in [0.1, 0.15) is 43.6 Å². The summed E-state index contributed by atoms with van der Waals surface area (Å²) in [5, 5.41) is 11.9. The van der Waals surface area contributed by atoms with E-state index in [-0.39, 0.29) is 29.7 Å². The first-order chi connectivity index (χ1) is 11.0. The second kappa shape index (κ2) is 6.26. The quantitative estimate of drug-likeness (QED) is 0.895. The van der Waals surface area contributed by atoms with Gasteiger partial charge in [0, 0.05) is 12.0 Å². The Kier molecular flexibility index (Phi) is 4.33. The molecule has 23 heavy (non-hydrogen) atoms. The van der Waals surface area contributed by atoms with Crippen molar-refractivity contribution in [2.24, 2.45) is 11.8 Å². The highest BCUT2D eigenvalue weighted by Crippen LogP contribution is 2.48. The minimum absolute atomic E-state index is 0.0179. The summed E-state index contributed by atoms with van der Waals surface area (Å²) in [5.74, 6) is -3.17. The molecule has 0 saturated heterocycles. The standard InChI is InChI=1S/C17H19F2NO3/c18-14-6-3-10(7-15(14)19)12-8-13(12)16(21)20-11-4-1-9(2-5-11)17(22)23/h3,6-7,9,11-13H,1-2,4-5,8H2,(H,20,21)(H,22,23). The third-order valence-corrected chi connectivity index (χ3v) is 4.92. The lowest BCUT2D eigenvalue weighted by atomic mass is 9.86. The number of aliphatic carboxylic acids is 1. The summed E-state index contributed by atoms with van der Waals surface area (Å²) < 4.78 is 26.2. The highest BCUT2D eigenvalue weighted by Gasteiger charge is 2.44. The van der Waals surface area contributed by atoms with Crippen LogP contribution < -0.4 is 5.32 Å². The van der Waals surface area contributed by atoms with Gasteiger partial charge in [0.15, 0.2) is 11.6 Å². The fraction of sp³-hybridized carbons (Fsp3) is 0.529. The Morgan fingerprint density at radius 1 is 1.09 bits per heavy atom. The molecule has 0 heterocycles. The fourth-order valence-corrected chi connectivity index (χ4v) is 3.39. The molecular weight excluding hydrogens is 304 g/mol. The van der Waals surface area contributed by atoms with Crippen LogP contribution >= 0.6 is 0 Å². The summed E-state index contributed by atoms with van der Waals surface area (Å²) in [7, 11) is 0. The molecule has 2 N–H and O–H groups in total. The van der Waals surface area contributed by atoms with E-state index in [0.29, 0.717) is 37.7 Å². The largest absolute Gasteiger partial charge is 0.481 e. The number of benzene rings is 1. The van der Waals surface area contributed by atoms with Crippen molar-refractivity contribution < 1.29 is 23.5 Å². The summed E-state index contributed by atoms with van der Waals surface area (Å²) >= 11 is 0. The molecule has 2 aliphatic carbocycles. The number of amides is 1. The first-order valence-electron chi connectivity index (χ1n) is 7.94. The molecule has 2 unspecified atom stereocenters. The van der Waals surface area contributed by atoms with Crippen molar-refractivity contribution in [1.82, 2.24) is 5.32 Å². The lowest BCUT2D eigenvalue weighted by molar-refractivity contribution is -0.142. The van der Waals surface area contributed by atoms with Gasteiger partial charge in [0.05, 0.1) is 5.92 Å². The van der Waals surface area contributed by atoms with E-state index in [1.54, 1.807) is 0 Å². The maximum Gasteiger partial charge on any atom is 0.306 e. The minimum Gasteiger partial charge on any atom is -0.481 e. The lowest BCUT2D eigenvalue weighted by Gasteiger charge is -2.26. The molecule has 0 aliphatic heterocycles. The van der Waals surface area contributed by atoms with Crippen LogP contribution in [0.15, 0.2) is 18.2 Å². The molecule has 4 nitrogen and oxygen atoms in total. The predicted octanol–water partition coefficient (Wildman–Crippen LogP) is 2.83. The molecule has 6 heteroatoms. The molecule has 0 radical (unpaired) electrons. The molecule has 2 atom stereocenters. The lowest BCUT2D eigenvalue weighted by Crippen LogP contribution is -2.39. The summed E-state index contributed by atoms with van der Waals surface area (Å²) in [6, 6.07) is 3.79. The summed E-state index contributed by atoms with van der Waals surface area (Å²) in [6.45, 7) is 0. The highest BCUT2D eigenvalue weighted by atomic mass is 19.2. The molecule has 1 aromatic carbocycles. The van der Waals surface area contributed by atoms with Crippen molar-refractivity contribution in [2.75, 3.05) is 0 Å². The van der Waals surface area contributed by atoms with Crippen LogP contribution in [-0.4, -0.2) is 23.0 Å². The molecule has 1 aromatic rings. The third-order valence-electron chi connectivity index (χ3n) is 4.92. The number of carbonyl (C=O) groups is 2. The molecule has 0 bridgehead atoms. The number of carboxylic acid groups (broad SMARTS) is 1. The van der Waals surface area contributed by atoms with Crippen LogP contribution in [0.4, 0.5) is 8.78 Å². The molecule has 2 aliphatic rings. The van der Waals surface area contributed by atoms with E-state index in [9.17, 15) is 18.4 Å². The van der Waals surface area contributed by atoms with Crippen LogP contribution in [0.2, 0.25) is 0 Å². The van der Waals surface area contributed by atoms with Gasteiger partial charge in [-0.1, -0.05) is 6.07 Å². The van der Waals surface area contributed by atoms with E-state index in [1.165, 1.54) is 6.07 Å². The number of nitrogens with one attached hydrogen (secondary N) is 1. The number of rotatable bonds is 4. The van der Waals surface area contributed by atoms with E-state index in [4.69, 9.17) is 5.11 Å². The molecule has 2 fully saturated rings. The monoisotopic (exact) mass is 323 g/mol. The maximum atomic E-state index is 13.2. The molecular formula is C17H19F2NO3. The maximum absolute atomic E-state index is 13.2. The highest BCUT2D eigenvalue weighted by molar-refractivity contribution is 5.83. The topological polar surface area (TPSA) is 66.4 Å². The van der Waals surface area contributed by atoms with E-state index in [1.807, 2.05) is 0 Å². The third kappa shape index (κ3) is 3.51. The second-order valence-electron chi connectivity index (χ2n) is 6.52. The number of hydrogen-bond donors (Lipinski definition) is 2. The fourth-order valence-electron chi connectivity index (χ4n) is 3.39. The molecule has 3 rings (SSSR count). The van der Waals surface area contributed by atoms with E-state index in [2.05, 4.69) is 5.32 Å². The Hall–Kier alpha value is -1.98. The van der Waals surface area contributed by atoms with E-state index < -0.39 is 17.6 Å². The Labute approximate surface area is 132 Å². The number of carboxylic acids is 1. The first kappa shape index (κ1) is 15.9. The van der Waals surface area contributed by atoms with Crippen molar-refractivity contribution in [3.05, 3.63) is 35.4 Å². The van der Waals surface area contributed by atoms with Gasteiger partial charge in [-0.3, -0.25) is 9.59 Å². The molecule has 2 saturated carbocycles. The van der Waals surface area contributed by atoms with Crippen molar-refractivity contribution in [3.8, 4) is 0 Å². The van der Waals surface area contributed by atoms with Gasteiger partial charge in [0.25, 0.3) is 0 Å². The van der Waals surface area contributed by atoms with Crippen molar-refractivity contribution in [2.45, 2.75) is 44.1 Å². The van der Waals surface area contributed by atoms with E-state index >= 15 is 0 Å². The number of halogens is 2. The average Bonchev–Trinajstić information content (AvgIpc) is 3.31. The van der Waals surface area contributed by atoms with E-state index in [0.717, 1.165) is 12.1 Å². The van der Waals surface area contributed by atoms with Gasteiger partial charge in [0.1, 0.15) is 0 Å². The van der Waals surface area contributed by atoms with Crippen molar-refractivity contribution in [3.63, 3.8) is 0 Å². The number of hydrogen-bond acceptors (Lipinski definition) is 2. The van der Waals surface area contributed by atoms with Crippen LogP contribution in [0.25, 0.3) is 0 Å². The Bertz CT molecular complexity index is 626. The Balaban J connectivity index is 1.51. The van der Waals surface area contributed by atoms with Gasteiger partial charge in [-0.25, -0.2) is 8.78 Å². The minimum atomic E-state index is -0.888. The SMILES string of the molecule is O=C(O)C1CCC(NC(=O)C2CC2c2ccc(F)c(F)c2)CC1. The van der Waals surface area contributed by atoms with Crippen LogP contribution in [0.5, 0.6) is 0 Å².